The molecule has 0 saturated carbocycles. The van der Waals surface area contributed by atoms with E-state index in [2.05, 4.69) is 27.0 Å². The first-order chi connectivity index (χ1) is 8.10. The van der Waals surface area contributed by atoms with Crippen LogP contribution in [0.3, 0.4) is 0 Å². The third-order valence-corrected chi connectivity index (χ3v) is 2.65. The zero-order valence-electron chi connectivity index (χ0n) is 11.6. The average Bonchev–Trinajstić information content (AvgIpc) is 2.32. The molecule has 0 N–H and O–H groups in total. The molecule has 0 saturated heterocycles. The molecule has 2 unspecified atom stereocenters. The first kappa shape index (κ1) is 16.2. The van der Waals surface area contributed by atoms with Crippen LogP contribution in [0.1, 0.15) is 39.5 Å². The summed E-state index contributed by atoms with van der Waals surface area (Å²) in [5.41, 5.74) is 0. The summed E-state index contributed by atoms with van der Waals surface area (Å²) in [5, 5.41) is 0. The number of hydrogen-bond donors (Lipinski definition) is 0. The Morgan fingerprint density at radius 2 is 1.24 bits per heavy atom. The van der Waals surface area contributed by atoms with Gasteiger partial charge in [-0.2, -0.15) is 0 Å². The summed E-state index contributed by atoms with van der Waals surface area (Å²) >= 11 is 0. The van der Waals surface area contributed by atoms with Crippen molar-refractivity contribution in [2.45, 2.75) is 51.7 Å². The van der Waals surface area contributed by atoms with Gasteiger partial charge in [0.1, 0.15) is 23.7 Å². The lowest BCUT2D eigenvalue weighted by Crippen LogP contribution is -2.20. The van der Waals surface area contributed by atoms with E-state index in [1.165, 1.54) is 0 Å². The van der Waals surface area contributed by atoms with Crippen LogP contribution in [-0.4, -0.2) is 26.4 Å². The van der Waals surface area contributed by atoms with Gasteiger partial charge in [-0.3, -0.25) is 0 Å². The number of hydrogen-bond acceptors (Lipinski definition) is 3. The molecule has 17 heavy (non-hydrogen) atoms. The van der Waals surface area contributed by atoms with E-state index in [1.807, 2.05) is 0 Å². The van der Waals surface area contributed by atoms with Crippen molar-refractivity contribution >= 4 is 0 Å². The fourth-order valence-electron chi connectivity index (χ4n) is 1.64. The van der Waals surface area contributed by atoms with E-state index in [-0.39, 0.29) is 12.2 Å². The van der Waals surface area contributed by atoms with Crippen molar-refractivity contribution in [1.29, 1.82) is 0 Å². The average molecular weight is 242 g/mol. The largest absolute Gasteiger partial charge is 0.462 e. The molecule has 3 heteroatoms. The second kappa shape index (κ2) is 9.25. The Bertz CT molecular complexity index is 212. The maximum atomic E-state index is 5.62. The van der Waals surface area contributed by atoms with Gasteiger partial charge in [-0.15, -0.1) is 0 Å². The summed E-state index contributed by atoms with van der Waals surface area (Å²) in [7, 11) is 3.33. The summed E-state index contributed by atoms with van der Waals surface area (Å²) in [6.07, 6.45) is 3.69. The van der Waals surface area contributed by atoms with Gasteiger partial charge in [0, 0.05) is 14.2 Å². The molecule has 0 amide bonds. The minimum absolute atomic E-state index is 0.0733. The van der Waals surface area contributed by atoms with Crippen LogP contribution in [0.15, 0.2) is 24.7 Å². The summed E-state index contributed by atoms with van der Waals surface area (Å²) in [6.45, 7) is 12.0. The molecule has 100 valence electrons. The van der Waals surface area contributed by atoms with Gasteiger partial charge in [0.25, 0.3) is 0 Å². The zero-order chi connectivity index (χ0) is 13.3. The Labute approximate surface area is 105 Å². The third-order valence-electron chi connectivity index (χ3n) is 2.65. The molecule has 0 heterocycles. The van der Waals surface area contributed by atoms with Gasteiger partial charge in [-0.25, -0.2) is 0 Å². The molecular weight excluding hydrogens is 216 g/mol. The van der Waals surface area contributed by atoms with Crippen molar-refractivity contribution < 1.29 is 14.2 Å². The van der Waals surface area contributed by atoms with Crippen LogP contribution in [0.5, 0.6) is 0 Å². The van der Waals surface area contributed by atoms with Crippen LogP contribution in [-0.2, 0) is 14.2 Å². The molecular formula is C14H26O3. The van der Waals surface area contributed by atoms with Gasteiger partial charge in [0.2, 0.25) is 0 Å². The lowest BCUT2D eigenvalue weighted by atomic mass is 10.1. The Hall–Kier alpha value is -0.800. The van der Waals surface area contributed by atoms with Crippen LogP contribution in [0.4, 0.5) is 0 Å². The normalized spacial score (nSPS) is 14.1. The van der Waals surface area contributed by atoms with Gasteiger partial charge in [-0.1, -0.05) is 39.8 Å². The fraction of sp³-hybridized carbons (Fsp3) is 0.714. The third kappa shape index (κ3) is 5.89. The first-order valence-corrected chi connectivity index (χ1v) is 6.21. The van der Waals surface area contributed by atoms with E-state index in [0.29, 0.717) is 11.5 Å². The van der Waals surface area contributed by atoms with E-state index in [1.54, 1.807) is 14.2 Å². The topological polar surface area (TPSA) is 27.7 Å². The number of methoxy groups -OCH3 is 2. The highest BCUT2D eigenvalue weighted by Gasteiger charge is 2.17. The molecule has 0 aliphatic carbocycles. The second-order valence-electron chi connectivity index (χ2n) is 4.06. The molecule has 0 bridgehead atoms. The van der Waals surface area contributed by atoms with Crippen molar-refractivity contribution in [3.8, 4) is 0 Å². The van der Waals surface area contributed by atoms with Crippen molar-refractivity contribution in [3.05, 3.63) is 24.7 Å². The predicted molar refractivity (Wildman–Crippen MR) is 70.8 cm³/mol. The van der Waals surface area contributed by atoms with Crippen molar-refractivity contribution in [2.24, 2.45) is 0 Å². The molecule has 0 aliphatic heterocycles. The smallest absolute Gasteiger partial charge is 0.125 e. The minimum Gasteiger partial charge on any atom is -0.462 e. The fourth-order valence-corrected chi connectivity index (χ4v) is 1.64. The van der Waals surface area contributed by atoms with Crippen LogP contribution in [0, 0.1) is 0 Å². The molecule has 2 atom stereocenters. The quantitative estimate of drug-likeness (QED) is 0.547. The monoisotopic (exact) mass is 242 g/mol. The Balaban J connectivity index is 4.29. The molecule has 0 aromatic heterocycles. The summed E-state index contributed by atoms with van der Waals surface area (Å²) < 4.78 is 16.3. The van der Waals surface area contributed by atoms with Gasteiger partial charge >= 0.3 is 0 Å². The molecule has 0 rings (SSSR count). The van der Waals surface area contributed by atoms with Crippen molar-refractivity contribution in [2.75, 3.05) is 14.2 Å². The lowest BCUT2D eigenvalue weighted by molar-refractivity contribution is 0.0408. The van der Waals surface area contributed by atoms with Gasteiger partial charge in [0.15, 0.2) is 0 Å². The Morgan fingerprint density at radius 1 is 0.882 bits per heavy atom. The van der Waals surface area contributed by atoms with Crippen LogP contribution < -0.4 is 0 Å². The molecule has 0 aromatic rings. The van der Waals surface area contributed by atoms with E-state index < -0.39 is 0 Å². The Kier molecular flexibility index (Phi) is 8.82. The summed E-state index contributed by atoms with van der Waals surface area (Å²) in [6, 6.07) is 0. The van der Waals surface area contributed by atoms with Crippen LogP contribution in [0.25, 0.3) is 0 Å². The van der Waals surface area contributed by atoms with Gasteiger partial charge < -0.3 is 14.2 Å². The van der Waals surface area contributed by atoms with Crippen molar-refractivity contribution in [1.82, 2.24) is 0 Å². The highest BCUT2D eigenvalue weighted by Crippen LogP contribution is 2.19. The van der Waals surface area contributed by atoms with Crippen molar-refractivity contribution in [3.63, 3.8) is 0 Å². The Morgan fingerprint density at radius 3 is 1.47 bits per heavy atom. The van der Waals surface area contributed by atoms with E-state index in [4.69, 9.17) is 14.2 Å². The molecule has 0 fully saturated rings. The van der Waals surface area contributed by atoms with Crippen LogP contribution in [0.2, 0.25) is 0 Å². The van der Waals surface area contributed by atoms with E-state index in [0.717, 1.165) is 25.7 Å². The lowest BCUT2D eigenvalue weighted by Gasteiger charge is -2.22. The standard InChI is InChI=1S/C14H26O3/c1-7-9-13(15-5)11(3)17-12(4)14(16-6)10-8-2/h13-14H,3-4,7-10H2,1-2,5-6H3. The maximum absolute atomic E-state index is 5.62. The van der Waals surface area contributed by atoms with Gasteiger partial charge in [-0.05, 0) is 12.8 Å². The zero-order valence-corrected chi connectivity index (χ0v) is 11.6. The molecule has 0 radical (unpaired) electrons. The number of rotatable bonds is 10. The molecule has 0 aliphatic rings. The second-order valence-corrected chi connectivity index (χ2v) is 4.06. The van der Waals surface area contributed by atoms with E-state index in [9.17, 15) is 0 Å². The highest BCUT2D eigenvalue weighted by molar-refractivity contribution is 5.02. The SMILES string of the molecule is C=C(OC(=C)C(CCC)OC)C(CCC)OC. The highest BCUT2D eigenvalue weighted by atomic mass is 16.6. The molecule has 0 spiro atoms. The summed E-state index contributed by atoms with van der Waals surface area (Å²) in [5.74, 6) is 1.22. The predicted octanol–water partition coefficient (Wildman–Crippen LogP) is 3.66. The molecule has 0 aromatic carbocycles. The maximum Gasteiger partial charge on any atom is 0.125 e. The van der Waals surface area contributed by atoms with Crippen LogP contribution >= 0.6 is 0 Å². The van der Waals surface area contributed by atoms with E-state index >= 15 is 0 Å². The summed E-state index contributed by atoms with van der Waals surface area (Å²) in [4.78, 5) is 0. The molecule has 3 nitrogen and oxygen atoms in total. The number of ether oxygens (including phenoxy) is 3. The van der Waals surface area contributed by atoms with Gasteiger partial charge in [0.05, 0.1) is 0 Å². The first-order valence-electron chi connectivity index (χ1n) is 6.21. The minimum atomic E-state index is -0.0733.